The molecule has 0 spiro atoms. The highest BCUT2D eigenvalue weighted by Crippen LogP contribution is 2.49. The molecular formula is C28H25Cl2NO5. The number of halogens is 2. The van der Waals surface area contributed by atoms with Crippen molar-refractivity contribution in [2.45, 2.75) is 51.0 Å². The summed E-state index contributed by atoms with van der Waals surface area (Å²) in [7, 11) is 0. The van der Waals surface area contributed by atoms with Crippen LogP contribution >= 0.6 is 23.2 Å². The van der Waals surface area contributed by atoms with E-state index < -0.39 is 11.9 Å². The summed E-state index contributed by atoms with van der Waals surface area (Å²) in [4.78, 5) is 39.9. The molecule has 3 aliphatic rings. The van der Waals surface area contributed by atoms with Crippen LogP contribution in [-0.2, 0) is 21.0 Å². The molecule has 5 rings (SSSR count). The van der Waals surface area contributed by atoms with Crippen LogP contribution in [0.3, 0.4) is 0 Å². The first kappa shape index (κ1) is 24.6. The first-order chi connectivity index (χ1) is 17.3. The molecule has 6 nitrogen and oxygen atoms in total. The molecule has 0 radical (unpaired) electrons. The molecule has 2 aromatic rings. The van der Waals surface area contributed by atoms with Crippen LogP contribution in [0.25, 0.3) is 0 Å². The number of rotatable bonds is 6. The fraction of sp³-hybridized carbons (Fsp3) is 0.321. The summed E-state index contributed by atoms with van der Waals surface area (Å²) in [5.41, 5.74) is 4.19. The number of aliphatic carboxylic acids is 1. The highest BCUT2D eigenvalue weighted by atomic mass is 35.5. The molecule has 2 aromatic carbocycles. The molecule has 1 N–H and O–H groups in total. The minimum absolute atomic E-state index is 0.0410. The molecule has 1 aliphatic heterocycles. The number of carboxylic acids is 1. The van der Waals surface area contributed by atoms with E-state index in [1.54, 1.807) is 29.2 Å². The summed E-state index contributed by atoms with van der Waals surface area (Å²) in [6, 6.07) is 12.7. The lowest BCUT2D eigenvalue weighted by Crippen LogP contribution is -2.41. The van der Waals surface area contributed by atoms with Crippen molar-refractivity contribution in [2.75, 3.05) is 6.54 Å². The monoisotopic (exact) mass is 525 g/mol. The van der Waals surface area contributed by atoms with Gasteiger partial charge in [0.1, 0.15) is 18.9 Å². The molecule has 8 heteroatoms. The highest BCUT2D eigenvalue weighted by Gasteiger charge is 2.43. The minimum atomic E-state index is -0.992. The lowest BCUT2D eigenvalue weighted by molar-refractivity contribution is -0.138. The van der Waals surface area contributed by atoms with Crippen LogP contribution in [0, 0.1) is 0 Å². The van der Waals surface area contributed by atoms with E-state index >= 15 is 0 Å². The van der Waals surface area contributed by atoms with Crippen LogP contribution < -0.4 is 4.74 Å². The molecule has 36 heavy (non-hydrogen) atoms. The second kappa shape index (κ2) is 10.1. The van der Waals surface area contributed by atoms with Crippen molar-refractivity contribution in [1.82, 2.24) is 4.90 Å². The average Bonchev–Trinajstić information content (AvgIpc) is 2.85. The lowest BCUT2D eigenvalue weighted by atomic mass is 9.71. The zero-order valence-electron chi connectivity index (χ0n) is 19.6. The van der Waals surface area contributed by atoms with Gasteiger partial charge in [0.2, 0.25) is 0 Å². The quantitative estimate of drug-likeness (QED) is 0.492. The number of carboxylic acid groups (broad SMARTS) is 1. The molecule has 0 unspecified atom stereocenters. The number of carbonyl (C=O) groups is 3. The summed E-state index contributed by atoms with van der Waals surface area (Å²) in [5.74, 6) is -1.13. The molecule has 0 fully saturated rings. The summed E-state index contributed by atoms with van der Waals surface area (Å²) in [5, 5.41) is 10.6. The number of carbonyl (C=O) groups excluding carboxylic acids is 2. The van der Waals surface area contributed by atoms with E-state index in [4.69, 9.17) is 27.9 Å². The van der Waals surface area contributed by atoms with Crippen LogP contribution in [0.1, 0.15) is 55.6 Å². The van der Waals surface area contributed by atoms with Gasteiger partial charge in [-0.25, -0.2) is 0 Å². The third kappa shape index (κ3) is 4.67. The van der Waals surface area contributed by atoms with Crippen molar-refractivity contribution in [3.05, 3.63) is 86.2 Å². The van der Waals surface area contributed by atoms with Gasteiger partial charge in [-0.3, -0.25) is 14.4 Å². The van der Waals surface area contributed by atoms with Gasteiger partial charge in [0.15, 0.2) is 11.6 Å². The highest BCUT2D eigenvalue weighted by molar-refractivity contribution is 6.32. The van der Waals surface area contributed by atoms with Gasteiger partial charge in [0.05, 0.1) is 5.02 Å². The number of hydrogen-bond donors (Lipinski definition) is 1. The van der Waals surface area contributed by atoms with Gasteiger partial charge in [0.25, 0.3) is 0 Å². The Balaban J connectivity index is 1.53. The Morgan fingerprint density at radius 3 is 2.08 bits per heavy atom. The molecule has 0 amide bonds. The van der Waals surface area contributed by atoms with Crippen LogP contribution in [-0.4, -0.2) is 34.1 Å². The number of allylic oxidation sites excluding steroid dienone is 4. The molecule has 0 bridgehead atoms. The number of nitrogens with zero attached hydrogens (tertiary/aromatic N) is 1. The molecule has 0 saturated carbocycles. The molecule has 0 aromatic heterocycles. The Morgan fingerprint density at radius 1 is 0.917 bits per heavy atom. The fourth-order valence-electron chi connectivity index (χ4n) is 5.43. The van der Waals surface area contributed by atoms with Crippen molar-refractivity contribution in [3.8, 4) is 5.75 Å². The number of benzene rings is 2. The maximum atomic E-state index is 13.2. The van der Waals surface area contributed by atoms with Crippen LogP contribution in [0.5, 0.6) is 5.75 Å². The maximum absolute atomic E-state index is 13.2. The largest absolute Gasteiger partial charge is 0.487 e. The number of Topliss-reactive ketones (excluding diaryl/α,β-unsaturated/α-hetero) is 2. The molecule has 0 saturated heterocycles. The second-order valence-electron chi connectivity index (χ2n) is 9.29. The van der Waals surface area contributed by atoms with Crippen molar-refractivity contribution < 1.29 is 24.2 Å². The Labute approximate surface area is 219 Å². The number of hydrogen-bond acceptors (Lipinski definition) is 5. The van der Waals surface area contributed by atoms with Crippen molar-refractivity contribution in [2.24, 2.45) is 0 Å². The zero-order valence-corrected chi connectivity index (χ0v) is 21.1. The summed E-state index contributed by atoms with van der Waals surface area (Å²) in [6.45, 7) is 0.0502. The Bertz CT molecular complexity index is 1270. The number of ketones is 2. The lowest BCUT2D eigenvalue weighted by Gasteiger charge is -2.43. The van der Waals surface area contributed by atoms with Crippen LogP contribution in [0.15, 0.2) is 65.0 Å². The minimum Gasteiger partial charge on any atom is -0.487 e. The topological polar surface area (TPSA) is 83.9 Å². The van der Waals surface area contributed by atoms with Gasteiger partial charge in [-0.2, -0.15) is 0 Å². The molecule has 186 valence electrons. The standard InChI is InChI=1S/C28H25Cl2NO5/c29-18-10-7-16(8-11-18)15-36-24-12-9-17(13-19(24)30)26-27-20(3-1-5-22(27)32)31(14-25(34)35)21-4-2-6-23(33)28(21)26/h7-13,26H,1-6,14-15H2,(H,34,35). The zero-order chi connectivity index (χ0) is 25.4. The van der Waals surface area contributed by atoms with E-state index in [1.165, 1.54) is 0 Å². The molecule has 2 aliphatic carbocycles. The van der Waals surface area contributed by atoms with Gasteiger partial charge in [-0.05, 0) is 61.1 Å². The fourth-order valence-corrected chi connectivity index (χ4v) is 5.80. The van der Waals surface area contributed by atoms with E-state index in [1.807, 2.05) is 18.2 Å². The number of ether oxygens (including phenoxy) is 1. The van der Waals surface area contributed by atoms with Gasteiger partial charge >= 0.3 is 5.97 Å². The average molecular weight is 526 g/mol. The Morgan fingerprint density at radius 2 is 1.53 bits per heavy atom. The molecular weight excluding hydrogens is 501 g/mol. The Kier molecular flexibility index (Phi) is 6.91. The predicted molar refractivity (Wildman–Crippen MR) is 136 cm³/mol. The van der Waals surface area contributed by atoms with E-state index in [2.05, 4.69) is 0 Å². The van der Waals surface area contributed by atoms with E-state index in [9.17, 15) is 19.5 Å². The third-order valence-electron chi connectivity index (χ3n) is 6.98. The van der Waals surface area contributed by atoms with E-state index in [-0.39, 0.29) is 18.1 Å². The summed E-state index contributed by atoms with van der Waals surface area (Å²) in [6.07, 6.45) is 3.29. The SMILES string of the molecule is O=C(O)CN1C2=C(C(=O)CCC2)C(c2ccc(OCc3ccc(Cl)cc3)c(Cl)c2)C2=C1CCCC2=O. The van der Waals surface area contributed by atoms with E-state index in [0.717, 1.165) is 22.5 Å². The first-order valence-electron chi connectivity index (χ1n) is 12.0. The summed E-state index contributed by atoms with van der Waals surface area (Å²) < 4.78 is 5.91. The van der Waals surface area contributed by atoms with Gasteiger partial charge in [-0.1, -0.05) is 41.4 Å². The van der Waals surface area contributed by atoms with E-state index in [0.29, 0.717) is 72.1 Å². The molecule has 1 heterocycles. The predicted octanol–water partition coefficient (Wildman–Crippen LogP) is 6.07. The smallest absolute Gasteiger partial charge is 0.323 e. The Hall–Kier alpha value is -3.09. The van der Waals surface area contributed by atoms with Crippen molar-refractivity contribution >= 4 is 40.7 Å². The third-order valence-corrected chi connectivity index (χ3v) is 7.52. The van der Waals surface area contributed by atoms with Crippen molar-refractivity contribution in [3.63, 3.8) is 0 Å². The molecule has 0 atom stereocenters. The van der Waals surface area contributed by atoms with Crippen molar-refractivity contribution in [1.29, 1.82) is 0 Å². The van der Waals surface area contributed by atoms with Gasteiger partial charge < -0.3 is 14.7 Å². The van der Waals surface area contributed by atoms with Gasteiger partial charge in [-0.15, -0.1) is 0 Å². The summed E-state index contributed by atoms with van der Waals surface area (Å²) >= 11 is 12.6. The normalized spacial score (nSPS) is 18.3. The van der Waals surface area contributed by atoms with Gasteiger partial charge in [0, 0.05) is 46.3 Å². The van der Waals surface area contributed by atoms with Crippen LogP contribution in [0.2, 0.25) is 10.0 Å². The maximum Gasteiger partial charge on any atom is 0.323 e. The second-order valence-corrected chi connectivity index (χ2v) is 10.1. The van der Waals surface area contributed by atoms with Crippen LogP contribution in [0.4, 0.5) is 0 Å². The first-order valence-corrected chi connectivity index (χ1v) is 12.8.